The molecule has 0 amide bonds. The van der Waals surface area contributed by atoms with Gasteiger partial charge in [-0.2, -0.15) is 0 Å². The van der Waals surface area contributed by atoms with E-state index in [4.69, 9.17) is 11.6 Å². The summed E-state index contributed by atoms with van der Waals surface area (Å²) in [6, 6.07) is 11.9. The Hall–Kier alpha value is -1.78. The molecular weight excluding hydrogens is 519 g/mol. The summed E-state index contributed by atoms with van der Waals surface area (Å²) in [7, 11) is 0. The number of halogens is 2. The van der Waals surface area contributed by atoms with E-state index >= 15 is 0 Å². The highest BCUT2D eigenvalue weighted by atomic mass is 127. The standard InChI is InChI=1S/C20H23ClN6S.HI/c1-2-23-20(25-10-12-28-18-5-3-17(21)4-6-18)26-14-16-7-8-24-19(13-16)27-11-9-22-15-27;/h3-9,11,13,15H,2,10,12,14H2,1H3,(H2,23,25,26);1H. The summed E-state index contributed by atoms with van der Waals surface area (Å²) in [5.41, 5.74) is 1.09. The molecule has 6 nitrogen and oxygen atoms in total. The van der Waals surface area contributed by atoms with Crippen LogP contribution in [0, 0.1) is 0 Å². The van der Waals surface area contributed by atoms with Crippen LogP contribution in [0.15, 0.2) is 71.2 Å². The number of pyridine rings is 1. The summed E-state index contributed by atoms with van der Waals surface area (Å²) < 4.78 is 1.88. The third-order valence-electron chi connectivity index (χ3n) is 3.82. The molecule has 0 fully saturated rings. The van der Waals surface area contributed by atoms with Gasteiger partial charge in [-0.25, -0.2) is 15.0 Å². The molecule has 9 heteroatoms. The molecule has 29 heavy (non-hydrogen) atoms. The van der Waals surface area contributed by atoms with E-state index in [9.17, 15) is 0 Å². The van der Waals surface area contributed by atoms with Crippen LogP contribution in [0.5, 0.6) is 0 Å². The van der Waals surface area contributed by atoms with Gasteiger partial charge in [-0.05, 0) is 48.9 Å². The number of nitrogens with zero attached hydrogens (tertiary/aromatic N) is 4. The normalized spacial score (nSPS) is 11.0. The van der Waals surface area contributed by atoms with E-state index < -0.39 is 0 Å². The van der Waals surface area contributed by atoms with Crippen LogP contribution >= 0.6 is 47.3 Å². The Morgan fingerprint density at radius 1 is 1.17 bits per heavy atom. The van der Waals surface area contributed by atoms with Gasteiger partial charge in [-0.3, -0.25) is 4.57 Å². The zero-order valence-electron chi connectivity index (χ0n) is 16.1. The minimum absolute atomic E-state index is 0. The van der Waals surface area contributed by atoms with Crippen molar-refractivity contribution in [3.05, 3.63) is 71.9 Å². The fourth-order valence-corrected chi connectivity index (χ4v) is 3.37. The summed E-state index contributed by atoms with van der Waals surface area (Å²) in [4.78, 5) is 14.3. The summed E-state index contributed by atoms with van der Waals surface area (Å²) in [5.74, 6) is 2.58. The molecular formula is C20H24ClIN6S. The molecule has 2 heterocycles. The van der Waals surface area contributed by atoms with Gasteiger partial charge in [0.05, 0.1) is 6.54 Å². The van der Waals surface area contributed by atoms with Gasteiger partial charge < -0.3 is 10.6 Å². The SMILES string of the molecule is CCNC(=NCc1ccnc(-n2ccnc2)c1)NCCSc1ccc(Cl)cc1.I. The van der Waals surface area contributed by atoms with E-state index in [1.165, 1.54) is 4.90 Å². The van der Waals surface area contributed by atoms with E-state index in [1.807, 2.05) is 47.2 Å². The predicted octanol–water partition coefficient (Wildman–Crippen LogP) is 4.39. The van der Waals surface area contributed by atoms with Crippen LogP contribution in [0.4, 0.5) is 0 Å². The number of guanidine groups is 1. The largest absolute Gasteiger partial charge is 0.357 e. The third kappa shape index (κ3) is 7.87. The van der Waals surface area contributed by atoms with Gasteiger partial charge in [-0.15, -0.1) is 35.7 Å². The lowest BCUT2D eigenvalue weighted by atomic mass is 10.2. The molecule has 154 valence electrons. The Bertz CT molecular complexity index is 886. The van der Waals surface area contributed by atoms with Crippen LogP contribution in [0.2, 0.25) is 5.02 Å². The molecule has 0 aliphatic heterocycles. The summed E-state index contributed by atoms with van der Waals surface area (Å²) in [5, 5.41) is 7.42. The minimum atomic E-state index is 0. The van der Waals surface area contributed by atoms with Crippen molar-refractivity contribution in [2.45, 2.75) is 18.4 Å². The molecule has 0 aliphatic rings. The number of rotatable bonds is 8. The number of aromatic nitrogens is 3. The Kier molecular flexibility index (Phi) is 10.3. The Morgan fingerprint density at radius 2 is 2.00 bits per heavy atom. The number of thioether (sulfide) groups is 1. The monoisotopic (exact) mass is 542 g/mol. The maximum atomic E-state index is 5.92. The first-order chi connectivity index (χ1) is 13.7. The maximum absolute atomic E-state index is 5.92. The van der Waals surface area contributed by atoms with Gasteiger partial charge in [-0.1, -0.05) is 11.6 Å². The van der Waals surface area contributed by atoms with Crippen LogP contribution in [0.1, 0.15) is 12.5 Å². The van der Waals surface area contributed by atoms with Crippen molar-refractivity contribution in [3.8, 4) is 5.82 Å². The third-order valence-corrected chi connectivity index (χ3v) is 5.09. The van der Waals surface area contributed by atoms with Gasteiger partial charge >= 0.3 is 0 Å². The number of hydrogen-bond acceptors (Lipinski definition) is 4. The summed E-state index contributed by atoms with van der Waals surface area (Å²) >= 11 is 7.70. The zero-order chi connectivity index (χ0) is 19.6. The molecule has 0 atom stereocenters. The van der Waals surface area contributed by atoms with Crippen molar-refractivity contribution in [1.82, 2.24) is 25.2 Å². The Morgan fingerprint density at radius 3 is 2.72 bits per heavy atom. The number of hydrogen-bond donors (Lipinski definition) is 2. The van der Waals surface area contributed by atoms with Crippen LogP contribution in [-0.2, 0) is 6.54 Å². The van der Waals surface area contributed by atoms with Gasteiger partial charge in [0.1, 0.15) is 12.1 Å². The maximum Gasteiger partial charge on any atom is 0.191 e. The lowest BCUT2D eigenvalue weighted by Gasteiger charge is -2.11. The van der Waals surface area contributed by atoms with Crippen molar-refractivity contribution >= 4 is 53.3 Å². The van der Waals surface area contributed by atoms with E-state index in [2.05, 4.69) is 32.5 Å². The molecule has 0 spiro atoms. The van der Waals surface area contributed by atoms with Crippen molar-refractivity contribution in [1.29, 1.82) is 0 Å². The van der Waals surface area contributed by atoms with E-state index in [1.54, 1.807) is 30.5 Å². The van der Waals surface area contributed by atoms with Gasteiger partial charge in [0.15, 0.2) is 5.96 Å². The highest BCUT2D eigenvalue weighted by Gasteiger charge is 2.01. The lowest BCUT2D eigenvalue weighted by molar-refractivity contribution is 0.841. The fraction of sp³-hybridized carbons (Fsp3) is 0.250. The fourth-order valence-electron chi connectivity index (χ4n) is 2.48. The Balaban J connectivity index is 0.00000300. The molecule has 0 radical (unpaired) electrons. The van der Waals surface area contributed by atoms with Crippen LogP contribution in [0.3, 0.4) is 0 Å². The van der Waals surface area contributed by atoms with E-state index in [-0.39, 0.29) is 24.0 Å². The van der Waals surface area contributed by atoms with Crippen molar-refractivity contribution < 1.29 is 0 Å². The molecule has 2 N–H and O–H groups in total. The van der Waals surface area contributed by atoms with Crippen LogP contribution < -0.4 is 10.6 Å². The van der Waals surface area contributed by atoms with Gasteiger partial charge in [0.25, 0.3) is 0 Å². The molecule has 3 aromatic rings. The molecule has 0 saturated heterocycles. The van der Waals surface area contributed by atoms with Crippen molar-refractivity contribution in [2.24, 2.45) is 4.99 Å². The van der Waals surface area contributed by atoms with Gasteiger partial charge in [0, 0.05) is 47.4 Å². The second-order valence-corrected chi connectivity index (χ2v) is 7.52. The molecule has 0 unspecified atom stereocenters. The quantitative estimate of drug-likeness (QED) is 0.145. The van der Waals surface area contributed by atoms with Crippen molar-refractivity contribution in [2.75, 3.05) is 18.8 Å². The topological polar surface area (TPSA) is 67.1 Å². The molecule has 2 aromatic heterocycles. The lowest BCUT2D eigenvalue weighted by Crippen LogP contribution is -2.38. The number of nitrogens with one attached hydrogen (secondary N) is 2. The highest BCUT2D eigenvalue weighted by molar-refractivity contribution is 14.0. The second-order valence-electron chi connectivity index (χ2n) is 5.92. The smallest absolute Gasteiger partial charge is 0.191 e. The number of benzene rings is 1. The molecule has 3 rings (SSSR count). The minimum Gasteiger partial charge on any atom is -0.357 e. The van der Waals surface area contributed by atoms with E-state index in [0.29, 0.717) is 6.54 Å². The molecule has 0 saturated carbocycles. The number of imidazole rings is 1. The first kappa shape index (κ1) is 23.5. The summed E-state index contributed by atoms with van der Waals surface area (Å²) in [6.45, 7) is 4.26. The van der Waals surface area contributed by atoms with Crippen LogP contribution in [-0.4, -0.2) is 39.3 Å². The second kappa shape index (κ2) is 12.7. The van der Waals surface area contributed by atoms with E-state index in [0.717, 1.165) is 41.2 Å². The molecule has 0 aliphatic carbocycles. The molecule has 1 aromatic carbocycles. The van der Waals surface area contributed by atoms with Crippen molar-refractivity contribution in [3.63, 3.8) is 0 Å². The Labute approximate surface area is 197 Å². The van der Waals surface area contributed by atoms with Crippen LogP contribution in [0.25, 0.3) is 5.82 Å². The summed E-state index contributed by atoms with van der Waals surface area (Å²) in [6.07, 6.45) is 7.14. The first-order valence-electron chi connectivity index (χ1n) is 9.08. The predicted molar refractivity (Wildman–Crippen MR) is 132 cm³/mol. The highest BCUT2D eigenvalue weighted by Crippen LogP contribution is 2.19. The zero-order valence-corrected chi connectivity index (χ0v) is 20.0. The molecule has 0 bridgehead atoms. The average Bonchev–Trinajstić information content (AvgIpc) is 3.26. The first-order valence-corrected chi connectivity index (χ1v) is 10.4. The average molecular weight is 543 g/mol. The number of aliphatic imine (C=N–C) groups is 1. The van der Waals surface area contributed by atoms with Gasteiger partial charge in [0.2, 0.25) is 0 Å².